The van der Waals surface area contributed by atoms with E-state index in [1.54, 1.807) is 25.4 Å². The lowest BCUT2D eigenvalue weighted by Gasteiger charge is -1.99. The van der Waals surface area contributed by atoms with Gasteiger partial charge in [0.25, 0.3) is 0 Å². The summed E-state index contributed by atoms with van der Waals surface area (Å²) in [5.41, 5.74) is 0.789. The van der Waals surface area contributed by atoms with Crippen molar-refractivity contribution in [2.24, 2.45) is 0 Å². The Labute approximate surface area is 109 Å². The molecule has 0 aromatic carbocycles. The first kappa shape index (κ1) is 13.2. The highest BCUT2D eigenvalue weighted by Gasteiger charge is 2.18. The standard InChI is InChI=1S/C12H14N4O3/c1-2-19-11(18)9-8-16(15-10(9)4-7-17)12-13-5-3-6-14-12/h3,5-6,8,17H,2,4,7H2,1H3. The highest BCUT2D eigenvalue weighted by molar-refractivity contribution is 5.90. The van der Waals surface area contributed by atoms with Crippen LogP contribution in [0, 0.1) is 0 Å². The third-order valence-corrected chi connectivity index (χ3v) is 2.39. The van der Waals surface area contributed by atoms with Crippen molar-refractivity contribution in [1.29, 1.82) is 0 Å². The number of aliphatic hydroxyl groups is 1. The zero-order valence-electron chi connectivity index (χ0n) is 10.5. The lowest BCUT2D eigenvalue weighted by Crippen LogP contribution is -2.07. The van der Waals surface area contributed by atoms with Crippen molar-refractivity contribution in [3.63, 3.8) is 0 Å². The van der Waals surface area contributed by atoms with E-state index in [4.69, 9.17) is 9.84 Å². The van der Waals surface area contributed by atoms with Gasteiger partial charge in [0.1, 0.15) is 5.56 Å². The molecule has 2 rings (SSSR count). The molecule has 0 aliphatic rings. The van der Waals surface area contributed by atoms with Gasteiger partial charge in [0.2, 0.25) is 5.95 Å². The fourth-order valence-corrected chi connectivity index (χ4v) is 1.59. The Balaban J connectivity index is 2.37. The number of aliphatic hydroxyl groups excluding tert-OH is 1. The average Bonchev–Trinajstić information content (AvgIpc) is 2.85. The van der Waals surface area contributed by atoms with E-state index in [1.165, 1.54) is 10.9 Å². The molecule has 0 fully saturated rings. The summed E-state index contributed by atoms with van der Waals surface area (Å²) in [5, 5.41) is 13.2. The van der Waals surface area contributed by atoms with Gasteiger partial charge in [-0.15, -0.1) is 0 Å². The molecule has 0 aliphatic carbocycles. The molecule has 1 N–H and O–H groups in total. The van der Waals surface area contributed by atoms with E-state index in [2.05, 4.69) is 15.1 Å². The second kappa shape index (κ2) is 6.05. The number of hydrogen-bond donors (Lipinski definition) is 1. The number of rotatable bonds is 5. The van der Waals surface area contributed by atoms with Crippen molar-refractivity contribution in [2.75, 3.05) is 13.2 Å². The first-order valence-corrected chi connectivity index (χ1v) is 5.90. The third kappa shape index (κ3) is 2.94. The Bertz CT molecular complexity index is 553. The molecule has 2 aromatic heterocycles. The molecule has 7 nitrogen and oxygen atoms in total. The molecule has 0 saturated heterocycles. The highest BCUT2D eigenvalue weighted by atomic mass is 16.5. The molecule has 2 heterocycles. The van der Waals surface area contributed by atoms with Crippen LogP contribution in [0.3, 0.4) is 0 Å². The Morgan fingerprint density at radius 3 is 2.79 bits per heavy atom. The van der Waals surface area contributed by atoms with Crippen LogP contribution >= 0.6 is 0 Å². The third-order valence-electron chi connectivity index (χ3n) is 2.39. The van der Waals surface area contributed by atoms with Crippen molar-refractivity contribution in [1.82, 2.24) is 19.7 Å². The molecule has 0 aliphatic heterocycles. The predicted octanol–water partition coefficient (Wildman–Crippen LogP) is 0.374. The first-order chi connectivity index (χ1) is 9.26. The van der Waals surface area contributed by atoms with Crippen molar-refractivity contribution in [3.8, 4) is 5.95 Å². The quantitative estimate of drug-likeness (QED) is 0.783. The van der Waals surface area contributed by atoms with Gasteiger partial charge in [-0.25, -0.2) is 19.4 Å². The minimum atomic E-state index is -0.465. The molecule has 0 amide bonds. The van der Waals surface area contributed by atoms with E-state index < -0.39 is 5.97 Å². The molecule has 0 unspecified atom stereocenters. The Morgan fingerprint density at radius 2 is 2.16 bits per heavy atom. The van der Waals surface area contributed by atoms with Crippen LogP contribution in [0.25, 0.3) is 5.95 Å². The summed E-state index contributed by atoms with van der Waals surface area (Å²) in [6.07, 6.45) is 4.95. The highest BCUT2D eigenvalue weighted by Crippen LogP contribution is 2.12. The summed E-state index contributed by atoms with van der Waals surface area (Å²) in [6, 6.07) is 1.69. The van der Waals surface area contributed by atoms with Gasteiger partial charge in [0.05, 0.1) is 12.3 Å². The minimum Gasteiger partial charge on any atom is -0.462 e. The van der Waals surface area contributed by atoms with Crippen LogP contribution in [0.15, 0.2) is 24.7 Å². The number of aromatic nitrogens is 4. The van der Waals surface area contributed by atoms with Crippen molar-refractivity contribution >= 4 is 5.97 Å². The molecule has 19 heavy (non-hydrogen) atoms. The zero-order chi connectivity index (χ0) is 13.7. The van der Waals surface area contributed by atoms with E-state index in [0.29, 0.717) is 17.2 Å². The maximum atomic E-state index is 11.8. The summed E-state index contributed by atoms with van der Waals surface area (Å²) in [7, 11) is 0. The topological polar surface area (TPSA) is 90.1 Å². The van der Waals surface area contributed by atoms with E-state index in [0.717, 1.165) is 0 Å². The molecular formula is C12H14N4O3. The van der Waals surface area contributed by atoms with E-state index in [9.17, 15) is 4.79 Å². The molecule has 0 bridgehead atoms. The number of hydrogen-bond acceptors (Lipinski definition) is 6. The van der Waals surface area contributed by atoms with Gasteiger partial charge in [-0.2, -0.15) is 5.10 Å². The van der Waals surface area contributed by atoms with Crippen LogP contribution in [-0.4, -0.2) is 44.0 Å². The van der Waals surface area contributed by atoms with Gasteiger partial charge < -0.3 is 9.84 Å². The lowest BCUT2D eigenvalue weighted by molar-refractivity contribution is 0.0525. The molecule has 0 atom stereocenters. The molecular weight excluding hydrogens is 248 g/mol. The van der Waals surface area contributed by atoms with Crippen molar-refractivity contribution in [2.45, 2.75) is 13.3 Å². The van der Waals surface area contributed by atoms with Gasteiger partial charge in [0, 0.05) is 31.6 Å². The maximum Gasteiger partial charge on any atom is 0.341 e. The number of carbonyl (C=O) groups excluding carboxylic acids is 1. The number of ether oxygens (including phenoxy) is 1. The average molecular weight is 262 g/mol. The summed E-state index contributed by atoms with van der Waals surface area (Å²) in [4.78, 5) is 19.9. The fraction of sp³-hybridized carbons (Fsp3) is 0.333. The van der Waals surface area contributed by atoms with E-state index in [-0.39, 0.29) is 19.6 Å². The summed E-state index contributed by atoms with van der Waals surface area (Å²) in [5.74, 6) is -0.106. The molecule has 0 spiro atoms. The fourth-order valence-electron chi connectivity index (χ4n) is 1.59. The number of nitrogens with zero attached hydrogens (tertiary/aromatic N) is 4. The van der Waals surface area contributed by atoms with Gasteiger partial charge in [0.15, 0.2) is 0 Å². The molecule has 100 valence electrons. The SMILES string of the molecule is CCOC(=O)c1cn(-c2ncccn2)nc1CCO. The van der Waals surface area contributed by atoms with Crippen molar-refractivity contribution in [3.05, 3.63) is 35.9 Å². The Hall–Kier alpha value is -2.28. The van der Waals surface area contributed by atoms with E-state index >= 15 is 0 Å². The normalized spacial score (nSPS) is 10.4. The van der Waals surface area contributed by atoms with Crippen LogP contribution in [0.1, 0.15) is 23.0 Å². The predicted molar refractivity (Wildman–Crippen MR) is 65.9 cm³/mol. The van der Waals surface area contributed by atoms with Crippen LogP contribution in [-0.2, 0) is 11.2 Å². The second-order valence-electron chi connectivity index (χ2n) is 3.68. The maximum absolute atomic E-state index is 11.8. The summed E-state index contributed by atoms with van der Waals surface area (Å²) >= 11 is 0. The largest absolute Gasteiger partial charge is 0.462 e. The van der Waals surface area contributed by atoms with Gasteiger partial charge in [-0.3, -0.25) is 0 Å². The smallest absolute Gasteiger partial charge is 0.341 e. The van der Waals surface area contributed by atoms with Crippen LogP contribution in [0.4, 0.5) is 0 Å². The minimum absolute atomic E-state index is 0.0981. The monoisotopic (exact) mass is 262 g/mol. The molecule has 0 saturated carbocycles. The second-order valence-corrected chi connectivity index (χ2v) is 3.68. The number of esters is 1. The first-order valence-electron chi connectivity index (χ1n) is 5.90. The van der Waals surface area contributed by atoms with Crippen molar-refractivity contribution < 1.29 is 14.6 Å². The Morgan fingerprint density at radius 1 is 1.42 bits per heavy atom. The number of carbonyl (C=O) groups is 1. The molecule has 7 heteroatoms. The van der Waals surface area contributed by atoms with Gasteiger partial charge in [-0.05, 0) is 13.0 Å². The van der Waals surface area contributed by atoms with Gasteiger partial charge >= 0.3 is 5.97 Å². The molecule has 2 aromatic rings. The van der Waals surface area contributed by atoms with Crippen LogP contribution in [0.5, 0.6) is 0 Å². The molecule has 0 radical (unpaired) electrons. The summed E-state index contributed by atoms with van der Waals surface area (Å²) in [6.45, 7) is 1.91. The van der Waals surface area contributed by atoms with E-state index in [1.807, 2.05) is 0 Å². The van der Waals surface area contributed by atoms with Crippen LogP contribution < -0.4 is 0 Å². The summed E-state index contributed by atoms with van der Waals surface area (Å²) < 4.78 is 6.35. The Kier molecular flexibility index (Phi) is 4.19. The van der Waals surface area contributed by atoms with Crippen LogP contribution in [0.2, 0.25) is 0 Å². The lowest BCUT2D eigenvalue weighted by atomic mass is 10.2. The van der Waals surface area contributed by atoms with Gasteiger partial charge in [-0.1, -0.05) is 0 Å². The zero-order valence-corrected chi connectivity index (χ0v) is 10.5.